The highest BCUT2D eigenvalue weighted by Gasteiger charge is 2.14. The zero-order chi connectivity index (χ0) is 18.7. The summed E-state index contributed by atoms with van der Waals surface area (Å²) in [5, 5.41) is 13.7. The van der Waals surface area contributed by atoms with Crippen molar-refractivity contribution >= 4 is 22.6 Å². The third-order valence-electron chi connectivity index (χ3n) is 4.15. The second kappa shape index (κ2) is 7.22. The molecule has 1 amide bonds. The number of nitro benzene ring substituents is 1. The van der Waals surface area contributed by atoms with E-state index in [1.807, 2.05) is 11.6 Å². The molecule has 3 rings (SSSR count). The van der Waals surface area contributed by atoms with Crippen molar-refractivity contribution in [1.29, 1.82) is 0 Å². The average molecular weight is 354 g/mol. The number of carbonyl (C=O) groups is 1. The lowest BCUT2D eigenvalue weighted by Crippen LogP contribution is -2.26. The molecule has 0 unspecified atom stereocenters. The zero-order valence-corrected chi connectivity index (χ0v) is 14.4. The van der Waals surface area contributed by atoms with Crippen LogP contribution in [0.1, 0.15) is 16.2 Å². The summed E-state index contributed by atoms with van der Waals surface area (Å²) in [6.45, 7) is 0.385. The third-order valence-corrected chi connectivity index (χ3v) is 4.15. The lowest BCUT2D eigenvalue weighted by Gasteiger charge is -2.09. The first-order valence-electron chi connectivity index (χ1n) is 8.02. The van der Waals surface area contributed by atoms with E-state index in [2.05, 4.69) is 10.3 Å². The summed E-state index contributed by atoms with van der Waals surface area (Å²) in [5.41, 5.74) is 1.84. The van der Waals surface area contributed by atoms with Crippen LogP contribution >= 0.6 is 0 Å². The number of aryl methyl sites for hydroxylation is 1. The van der Waals surface area contributed by atoms with Crippen LogP contribution in [0.4, 0.5) is 5.69 Å². The predicted octanol–water partition coefficient (Wildman–Crippen LogP) is 2.46. The Morgan fingerprint density at radius 1 is 1.31 bits per heavy atom. The molecule has 8 heteroatoms. The number of imidazole rings is 1. The van der Waals surface area contributed by atoms with E-state index in [1.165, 1.54) is 19.2 Å². The van der Waals surface area contributed by atoms with Crippen molar-refractivity contribution in [2.45, 2.75) is 6.42 Å². The molecule has 8 nitrogen and oxygen atoms in total. The Hall–Kier alpha value is -3.42. The Morgan fingerprint density at radius 3 is 2.81 bits per heavy atom. The minimum Gasteiger partial charge on any atom is -0.496 e. The number of aromatic nitrogens is 2. The molecule has 1 aromatic heterocycles. The van der Waals surface area contributed by atoms with Crippen LogP contribution in [-0.4, -0.2) is 34.0 Å². The highest BCUT2D eigenvalue weighted by atomic mass is 16.6. The van der Waals surface area contributed by atoms with Gasteiger partial charge < -0.3 is 14.6 Å². The van der Waals surface area contributed by atoms with Crippen LogP contribution in [0.25, 0.3) is 11.0 Å². The summed E-state index contributed by atoms with van der Waals surface area (Å²) < 4.78 is 7.06. The molecule has 0 atom stereocenters. The summed E-state index contributed by atoms with van der Waals surface area (Å²) in [6.07, 6.45) is 0.500. The van der Waals surface area contributed by atoms with Crippen LogP contribution in [0.15, 0.2) is 42.5 Å². The highest BCUT2D eigenvalue weighted by Crippen LogP contribution is 2.21. The Labute approximate surface area is 149 Å². The van der Waals surface area contributed by atoms with E-state index in [0.29, 0.717) is 29.8 Å². The molecule has 2 aromatic carbocycles. The fourth-order valence-electron chi connectivity index (χ4n) is 2.79. The Kier molecular flexibility index (Phi) is 4.83. The number of carbonyl (C=O) groups excluding carboxylic acids is 1. The number of hydrogen-bond acceptors (Lipinski definition) is 5. The molecule has 1 heterocycles. The number of rotatable bonds is 6. The van der Waals surface area contributed by atoms with Crippen LogP contribution < -0.4 is 10.1 Å². The van der Waals surface area contributed by atoms with Gasteiger partial charge in [-0.3, -0.25) is 14.9 Å². The standard InChI is InChI=1S/C18H18N4O4/c1-21-15-8-7-12(22(24)25)11-14(15)20-17(21)9-10-19-18(23)13-5-3-4-6-16(13)26-2/h3-8,11H,9-10H2,1-2H3,(H,19,23). The monoisotopic (exact) mass is 354 g/mol. The lowest BCUT2D eigenvalue weighted by atomic mass is 10.2. The quantitative estimate of drug-likeness (QED) is 0.541. The van der Waals surface area contributed by atoms with E-state index >= 15 is 0 Å². The van der Waals surface area contributed by atoms with E-state index in [4.69, 9.17) is 4.74 Å². The smallest absolute Gasteiger partial charge is 0.271 e. The van der Waals surface area contributed by atoms with E-state index in [1.54, 1.807) is 30.3 Å². The summed E-state index contributed by atoms with van der Waals surface area (Å²) >= 11 is 0. The van der Waals surface area contributed by atoms with Crippen molar-refractivity contribution in [2.75, 3.05) is 13.7 Å². The molecule has 0 bridgehead atoms. The van der Waals surface area contributed by atoms with Gasteiger partial charge in [0, 0.05) is 32.1 Å². The van der Waals surface area contributed by atoms with Crippen LogP contribution in [0.5, 0.6) is 5.75 Å². The van der Waals surface area contributed by atoms with Gasteiger partial charge in [-0.25, -0.2) is 4.98 Å². The Balaban J connectivity index is 1.71. The molecule has 0 spiro atoms. The minimum absolute atomic E-state index is 0.00613. The molecule has 0 aliphatic rings. The van der Waals surface area contributed by atoms with Gasteiger partial charge >= 0.3 is 0 Å². The fraction of sp³-hybridized carbons (Fsp3) is 0.222. The normalized spacial score (nSPS) is 10.7. The van der Waals surface area contributed by atoms with Crippen LogP contribution in [0, 0.1) is 10.1 Å². The molecule has 0 fully saturated rings. The topological polar surface area (TPSA) is 99.3 Å². The molecule has 0 aliphatic carbocycles. The number of nitro groups is 1. The molecular weight excluding hydrogens is 336 g/mol. The maximum Gasteiger partial charge on any atom is 0.271 e. The van der Waals surface area contributed by atoms with Gasteiger partial charge in [0.15, 0.2) is 0 Å². The third kappa shape index (κ3) is 3.34. The number of benzene rings is 2. The zero-order valence-electron chi connectivity index (χ0n) is 14.4. The van der Waals surface area contributed by atoms with Gasteiger partial charge in [0.1, 0.15) is 11.6 Å². The second-order valence-electron chi connectivity index (χ2n) is 5.72. The van der Waals surface area contributed by atoms with E-state index in [0.717, 1.165) is 11.3 Å². The summed E-state index contributed by atoms with van der Waals surface area (Å²) in [5.74, 6) is 1.03. The number of non-ortho nitro benzene ring substituents is 1. The summed E-state index contributed by atoms with van der Waals surface area (Å²) in [4.78, 5) is 27.2. The first-order valence-corrected chi connectivity index (χ1v) is 8.02. The van der Waals surface area contributed by atoms with E-state index in [9.17, 15) is 14.9 Å². The largest absolute Gasteiger partial charge is 0.496 e. The number of fused-ring (bicyclic) bond motifs is 1. The van der Waals surface area contributed by atoms with Gasteiger partial charge in [-0.1, -0.05) is 12.1 Å². The summed E-state index contributed by atoms with van der Waals surface area (Å²) in [7, 11) is 3.36. The van der Waals surface area contributed by atoms with Crippen molar-refractivity contribution in [3.63, 3.8) is 0 Å². The van der Waals surface area contributed by atoms with Gasteiger partial charge in [-0.15, -0.1) is 0 Å². The molecule has 1 N–H and O–H groups in total. The van der Waals surface area contributed by atoms with Gasteiger partial charge in [-0.05, 0) is 18.2 Å². The molecule has 3 aromatic rings. The van der Waals surface area contributed by atoms with Crippen molar-refractivity contribution in [3.05, 3.63) is 64.0 Å². The van der Waals surface area contributed by atoms with Gasteiger partial charge in [-0.2, -0.15) is 0 Å². The molecular formula is C18H18N4O4. The van der Waals surface area contributed by atoms with E-state index < -0.39 is 4.92 Å². The molecule has 0 radical (unpaired) electrons. The van der Waals surface area contributed by atoms with Crippen LogP contribution in [-0.2, 0) is 13.5 Å². The van der Waals surface area contributed by atoms with Crippen molar-refractivity contribution in [3.8, 4) is 5.75 Å². The Bertz CT molecular complexity index is 980. The van der Waals surface area contributed by atoms with Gasteiger partial charge in [0.05, 0.1) is 28.6 Å². The van der Waals surface area contributed by atoms with Crippen molar-refractivity contribution in [2.24, 2.45) is 7.05 Å². The fourth-order valence-corrected chi connectivity index (χ4v) is 2.79. The van der Waals surface area contributed by atoms with E-state index in [-0.39, 0.29) is 11.6 Å². The lowest BCUT2D eigenvalue weighted by molar-refractivity contribution is -0.384. The second-order valence-corrected chi connectivity index (χ2v) is 5.72. The number of nitrogens with zero attached hydrogens (tertiary/aromatic N) is 3. The number of ether oxygens (including phenoxy) is 1. The first-order chi connectivity index (χ1) is 12.5. The first kappa shape index (κ1) is 17.4. The predicted molar refractivity (Wildman–Crippen MR) is 96.4 cm³/mol. The van der Waals surface area contributed by atoms with Crippen LogP contribution in [0.3, 0.4) is 0 Å². The minimum atomic E-state index is -0.443. The number of nitrogens with one attached hydrogen (secondary N) is 1. The molecule has 26 heavy (non-hydrogen) atoms. The maximum absolute atomic E-state index is 12.3. The number of hydrogen-bond donors (Lipinski definition) is 1. The SMILES string of the molecule is COc1ccccc1C(=O)NCCc1nc2cc([N+](=O)[O-])ccc2n1C. The van der Waals surface area contributed by atoms with Crippen molar-refractivity contribution < 1.29 is 14.5 Å². The highest BCUT2D eigenvalue weighted by molar-refractivity contribution is 5.96. The number of methoxy groups -OCH3 is 1. The van der Waals surface area contributed by atoms with Gasteiger partial charge in [0.2, 0.25) is 0 Å². The maximum atomic E-state index is 12.3. The molecule has 0 saturated carbocycles. The number of amides is 1. The molecule has 134 valence electrons. The number of para-hydroxylation sites is 1. The van der Waals surface area contributed by atoms with Crippen LogP contribution in [0.2, 0.25) is 0 Å². The molecule has 0 aliphatic heterocycles. The summed E-state index contributed by atoms with van der Waals surface area (Å²) in [6, 6.07) is 11.6. The Morgan fingerprint density at radius 2 is 2.08 bits per heavy atom. The average Bonchev–Trinajstić information content (AvgIpc) is 2.96. The molecule has 0 saturated heterocycles. The van der Waals surface area contributed by atoms with Gasteiger partial charge in [0.25, 0.3) is 11.6 Å². The van der Waals surface area contributed by atoms with Crippen molar-refractivity contribution in [1.82, 2.24) is 14.9 Å².